The highest BCUT2D eigenvalue weighted by Crippen LogP contribution is 2.25. The Morgan fingerprint density at radius 3 is 2.50 bits per heavy atom. The predicted molar refractivity (Wildman–Crippen MR) is 83.5 cm³/mol. The summed E-state index contributed by atoms with van der Waals surface area (Å²) in [5.74, 6) is -1.21. The zero-order valence-electron chi connectivity index (χ0n) is 12.1. The molecule has 1 heterocycles. The molecule has 1 fully saturated rings. The van der Waals surface area contributed by atoms with E-state index >= 15 is 0 Å². The van der Waals surface area contributed by atoms with Gasteiger partial charge in [-0.1, -0.05) is 23.2 Å². The molecule has 1 N–H and O–H groups in total. The average Bonchev–Trinajstić information content (AvgIpc) is 2.44. The number of benzene rings is 1. The van der Waals surface area contributed by atoms with Crippen LogP contribution < -0.4 is 4.74 Å². The minimum absolute atomic E-state index is 0.00893. The lowest BCUT2D eigenvalue weighted by atomic mass is 9.93. The number of ether oxygens (including phenoxy) is 1. The molecular formula is C15H17Cl2NO4. The summed E-state index contributed by atoms with van der Waals surface area (Å²) in [7, 11) is 0. The lowest BCUT2D eigenvalue weighted by molar-refractivity contribution is -0.147. The van der Waals surface area contributed by atoms with E-state index in [-0.39, 0.29) is 25.1 Å². The third kappa shape index (κ3) is 4.27. The molecule has 22 heavy (non-hydrogen) atoms. The van der Waals surface area contributed by atoms with E-state index in [1.165, 1.54) is 0 Å². The number of carbonyl (C=O) groups excluding carboxylic acids is 1. The molecule has 1 amide bonds. The van der Waals surface area contributed by atoms with Gasteiger partial charge in [-0.05, 0) is 38.0 Å². The lowest BCUT2D eigenvalue weighted by Crippen LogP contribution is -2.49. The van der Waals surface area contributed by atoms with Crippen LogP contribution in [-0.2, 0) is 9.59 Å². The van der Waals surface area contributed by atoms with E-state index in [9.17, 15) is 9.59 Å². The van der Waals surface area contributed by atoms with Crippen LogP contribution in [0.4, 0.5) is 0 Å². The number of piperidine rings is 1. The molecule has 1 aliphatic rings. The molecule has 0 spiro atoms. The Morgan fingerprint density at radius 1 is 1.27 bits per heavy atom. The maximum absolute atomic E-state index is 12.3. The molecule has 0 bridgehead atoms. The van der Waals surface area contributed by atoms with Crippen molar-refractivity contribution >= 4 is 35.1 Å². The van der Waals surface area contributed by atoms with Crippen molar-refractivity contribution in [3.05, 3.63) is 28.2 Å². The van der Waals surface area contributed by atoms with Crippen molar-refractivity contribution in [2.24, 2.45) is 5.92 Å². The van der Waals surface area contributed by atoms with Gasteiger partial charge >= 0.3 is 5.97 Å². The van der Waals surface area contributed by atoms with Gasteiger partial charge in [0, 0.05) is 22.6 Å². The van der Waals surface area contributed by atoms with Crippen LogP contribution in [-0.4, -0.2) is 41.1 Å². The molecule has 0 aliphatic carbocycles. The van der Waals surface area contributed by atoms with E-state index in [2.05, 4.69) is 0 Å². The highest BCUT2D eigenvalue weighted by molar-refractivity contribution is 6.34. The first-order chi connectivity index (χ1) is 10.4. The van der Waals surface area contributed by atoms with Crippen LogP contribution in [0.2, 0.25) is 10.0 Å². The Kier molecular flexibility index (Phi) is 5.53. The molecule has 1 aromatic rings. The van der Waals surface area contributed by atoms with Crippen LogP contribution in [0.3, 0.4) is 0 Å². The first-order valence-electron chi connectivity index (χ1n) is 6.98. The van der Waals surface area contributed by atoms with Gasteiger partial charge in [0.1, 0.15) is 5.75 Å². The molecule has 5 nitrogen and oxygen atoms in total. The number of hydrogen-bond donors (Lipinski definition) is 1. The molecule has 1 aromatic carbocycles. The summed E-state index contributed by atoms with van der Waals surface area (Å²) >= 11 is 11.7. The summed E-state index contributed by atoms with van der Waals surface area (Å²) in [5.41, 5.74) is 0. The highest BCUT2D eigenvalue weighted by atomic mass is 35.5. The minimum atomic E-state index is -0.868. The quantitative estimate of drug-likeness (QED) is 0.910. The molecule has 1 aliphatic heterocycles. The zero-order chi connectivity index (χ0) is 16.3. The number of carboxylic acids is 1. The summed E-state index contributed by atoms with van der Waals surface area (Å²) in [6.07, 6.45) is 1.26. The second-order valence-electron chi connectivity index (χ2n) is 5.40. The first-order valence-corrected chi connectivity index (χ1v) is 7.73. The number of hydrogen-bond acceptors (Lipinski definition) is 3. The van der Waals surface area contributed by atoms with Crippen LogP contribution in [0.5, 0.6) is 5.75 Å². The fraction of sp³-hybridized carbons (Fsp3) is 0.467. The lowest BCUT2D eigenvalue weighted by Gasteiger charge is -2.36. The highest BCUT2D eigenvalue weighted by Gasteiger charge is 2.32. The van der Waals surface area contributed by atoms with Crippen LogP contribution in [0, 0.1) is 5.92 Å². The van der Waals surface area contributed by atoms with Gasteiger partial charge in [-0.25, -0.2) is 0 Å². The maximum atomic E-state index is 12.3. The van der Waals surface area contributed by atoms with Crippen LogP contribution in [0.25, 0.3) is 0 Å². The number of carbonyl (C=O) groups is 2. The van der Waals surface area contributed by atoms with E-state index < -0.39 is 11.9 Å². The monoisotopic (exact) mass is 345 g/mol. The zero-order valence-corrected chi connectivity index (χ0v) is 13.6. The summed E-state index contributed by atoms with van der Waals surface area (Å²) in [5, 5.41) is 9.94. The molecule has 120 valence electrons. The molecule has 0 saturated carbocycles. The second-order valence-corrected chi connectivity index (χ2v) is 6.27. The summed E-state index contributed by atoms with van der Waals surface area (Å²) in [4.78, 5) is 24.9. The fourth-order valence-electron chi connectivity index (χ4n) is 2.50. The number of carboxylic acid groups (broad SMARTS) is 1. The third-order valence-electron chi connectivity index (χ3n) is 3.75. The standard InChI is InChI=1S/C15H17Cl2NO4/c1-9-2-3-10(15(20)21)7-18(9)14(19)8-22-13-5-11(16)4-12(17)6-13/h4-6,9-10H,2-3,7-8H2,1H3,(H,20,21). The van der Waals surface area contributed by atoms with E-state index in [0.717, 1.165) is 0 Å². The summed E-state index contributed by atoms with van der Waals surface area (Å²) in [6.45, 7) is 1.95. The summed E-state index contributed by atoms with van der Waals surface area (Å²) in [6, 6.07) is 4.72. The van der Waals surface area contributed by atoms with Gasteiger partial charge in [0.25, 0.3) is 5.91 Å². The first kappa shape index (κ1) is 16.9. The van der Waals surface area contributed by atoms with Crippen LogP contribution in [0.1, 0.15) is 19.8 Å². The Labute approximate surface area is 138 Å². The van der Waals surface area contributed by atoms with E-state index in [0.29, 0.717) is 28.6 Å². The number of nitrogens with zero attached hydrogens (tertiary/aromatic N) is 1. The Bertz CT molecular complexity index is 558. The van der Waals surface area contributed by atoms with Crippen molar-refractivity contribution in [3.63, 3.8) is 0 Å². The molecule has 7 heteroatoms. The van der Waals surface area contributed by atoms with Gasteiger partial charge in [0.05, 0.1) is 5.92 Å². The molecule has 2 atom stereocenters. The molecule has 1 saturated heterocycles. The topological polar surface area (TPSA) is 66.8 Å². The van der Waals surface area contributed by atoms with Gasteiger partial charge in [-0.2, -0.15) is 0 Å². The average molecular weight is 346 g/mol. The van der Waals surface area contributed by atoms with Crippen molar-refractivity contribution < 1.29 is 19.4 Å². The molecular weight excluding hydrogens is 329 g/mol. The van der Waals surface area contributed by atoms with Crippen molar-refractivity contribution in [2.75, 3.05) is 13.2 Å². The number of aliphatic carboxylic acids is 1. The second kappa shape index (κ2) is 7.20. The molecule has 0 radical (unpaired) electrons. The van der Waals surface area contributed by atoms with E-state index in [1.807, 2.05) is 6.92 Å². The normalized spacial score (nSPS) is 21.5. The van der Waals surface area contributed by atoms with Crippen molar-refractivity contribution in [3.8, 4) is 5.75 Å². The summed E-state index contributed by atoms with van der Waals surface area (Å²) < 4.78 is 5.42. The number of rotatable bonds is 4. The predicted octanol–water partition coefficient (Wildman–Crippen LogP) is 3.08. The fourth-order valence-corrected chi connectivity index (χ4v) is 3.00. The maximum Gasteiger partial charge on any atom is 0.308 e. The van der Waals surface area contributed by atoms with Gasteiger partial charge in [-0.15, -0.1) is 0 Å². The van der Waals surface area contributed by atoms with Crippen molar-refractivity contribution in [2.45, 2.75) is 25.8 Å². The van der Waals surface area contributed by atoms with E-state index in [1.54, 1.807) is 23.1 Å². The van der Waals surface area contributed by atoms with Gasteiger partial charge < -0.3 is 14.7 Å². The minimum Gasteiger partial charge on any atom is -0.484 e. The SMILES string of the molecule is CC1CCC(C(=O)O)CN1C(=O)COc1cc(Cl)cc(Cl)c1. The Hall–Kier alpha value is -1.46. The Morgan fingerprint density at radius 2 is 1.91 bits per heavy atom. The Balaban J connectivity index is 1.97. The largest absolute Gasteiger partial charge is 0.484 e. The number of likely N-dealkylation sites (tertiary alicyclic amines) is 1. The van der Waals surface area contributed by atoms with E-state index in [4.69, 9.17) is 33.0 Å². The molecule has 2 rings (SSSR count). The van der Waals surface area contributed by atoms with Gasteiger partial charge in [0.2, 0.25) is 0 Å². The molecule has 2 unspecified atom stereocenters. The van der Waals surface area contributed by atoms with Crippen LogP contribution >= 0.6 is 23.2 Å². The van der Waals surface area contributed by atoms with Crippen molar-refractivity contribution in [1.82, 2.24) is 4.90 Å². The molecule has 0 aromatic heterocycles. The smallest absolute Gasteiger partial charge is 0.308 e. The number of halogens is 2. The van der Waals surface area contributed by atoms with Gasteiger partial charge in [-0.3, -0.25) is 9.59 Å². The third-order valence-corrected chi connectivity index (χ3v) is 4.19. The number of amides is 1. The van der Waals surface area contributed by atoms with Crippen molar-refractivity contribution in [1.29, 1.82) is 0 Å². The van der Waals surface area contributed by atoms with Crippen LogP contribution in [0.15, 0.2) is 18.2 Å². The van der Waals surface area contributed by atoms with Gasteiger partial charge in [0.15, 0.2) is 6.61 Å².